The highest BCUT2D eigenvalue weighted by Crippen LogP contribution is 2.15. The minimum atomic E-state index is -3.70. The van der Waals surface area contributed by atoms with Gasteiger partial charge in [0.05, 0.1) is 10.9 Å². The van der Waals surface area contributed by atoms with Crippen molar-refractivity contribution in [3.05, 3.63) is 59.9 Å². The van der Waals surface area contributed by atoms with E-state index in [1.165, 1.54) is 19.1 Å². The van der Waals surface area contributed by atoms with Crippen LogP contribution in [0.4, 0.5) is 4.39 Å². The molecule has 2 aromatic rings. The van der Waals surface area contributed by atoms with Crippen molar-refractivity contribution in [2.45, 2.75) is 24.8 Å². The molecule has 118 valence electrons. The number of ether oxygens (including phenoxy) is 1. The van der Waals surface area contributed by atoms with Crippen molar-refractivity contribution in [3.8, 4) is 5.75 Å². The van der Waals surface area contributed by atoms with E-state index in [0.717, 1.165) is 6.07 Å². The Balaban J connectivity index is 2.00. The van der Waals surface area contributed by atoms with E-state index >= 15 is 0 Å². The number of hydrogen-bond donors (Lipinski definition) is 1. The van der Waals surface area contributed by atoms with Gasteiger partial charge in [0, 0.05) is 0 Å². The molecule has 2 rings (SSSR count). The number of nitrogens with one attached hydrogen (secondary N) is 1. The molecule has 0 aliphatic rings. The van der Waals surface area contributed by atoms with Crippen LogP contribution in [-0.2, 0) is 10.0 Å². The molecular formula is C16H18FNO3S. The largest absolute Gasteiger partial charge is 0.492 e. The van der Waals surface area contributed by atoms with Crippen LogP contribution in [0.2, 0.25) is 0 Å². The Kier molecular flexibility index (Phi) is 5.15. The highest BCUT2D eigenvalue weighted by Gasteiger charge is 2.18. The molecule has 1 N–H and O–H groups in total. The first-order valence-electron chi connectivity index (χ1n) is 6.85. The van der Waals surface area contributed by atoms with E-state index < -0.39 is 21.9 Å². The van der Waals surface area contributed by atoms with E-state index in [0.29, 0.717) is 5.75 Å². The second-order valence-corrected chi connectivity index (χ2v) is 6.77. The maximum atomic E-state index is 13.2. The zero-order chi connectivity index (χ0) is 16.2. The summed E-state index contributed by atoms with van der Waals surface area (Å²) in [6, 6.07) is 12.4. The molecule has 0 saturated heterocycles. The summed E-state index contributed by atoms with van der Waals surface area (Å²) in [4.78, 5) is 0.0398. The van der Waals surface area contributed by atoms with Gasteiger partial charge in [0.2, 0.25) is 10.0 Å². The number of benzene rings is 2. The van der Waals surface area contributed by atoms with Crippen molar-refractivity contribution >= 4 is 10.0 Å². The van der Waals surface area contributed by atoms with Crippen LogP contribution in [0.1, 0.15) is 12.5 Å². The summed E-state index contributed by atoms with van der Waals surface area (Å²) in [5.74, 6) is 0.241. The SMILES string of the molecule is Cc1cc(S(=O)(=O)NC(C)COc2ccccc2)ccc1F. The van der Waals surface area contributed by atoms with E-state index in [4.69, 9.17) is 4.74 Å². The fourth-order valence-corrected chi connectivity index (χ4v) is 3.20. The molecule has 0 heterocycles. The summed E-state index contributed by atoms with van der Waals surface area (Å²) < 4.78 is 45.7. The zero-order valence-electron chi connectivity index (χ0n) is 12.4. The standard InChI is InChI=1S/C16H18FNO3S/c1-12-10-15(8-9-16(12)17)22(19,20)18-13(2)11-21-14-6-4-3-5-7-14/h3-10,13,18H,11H2,1-2H3. The van der Waals surface area contributed by atoms with Crippen LogP contribution in [-0.4, -0.2) is 21.1 Å². The van der Waals surface area contributed by atoms with Crippen LogP contribution in [0.15, 0.2) is 53.4 Å². The summed E-state index contributed by atoms with van der Waals surface area (Å²) in [6.45, 7) is 3.43. The summed E-state index contributed by atoms with van der Waals surface area (Å²) in [7, 11) is -3.70. The molecule has 0 bridgehead atoms. The quantitative estimate of drug-likeness (QED) is 0.889. The van der Waals surface area contributed by atoms with Gasteiger partial charge in [0.1, 0.15) is 18.2 Å². The van der Waals surface area contributed by atoms with Gasteiger partial charge >= 0.3 is 0 Å². The van der Waals surface area contributed by atoms with E-state index in [1.54, 1.807) is 19.1 Å². The van der Waals surface area contributed by atoms with Gasteiger partial charge in [-0.05, 0) is 49.7 Å². The third-order valence-corrected chi connectivity index (χ3v) is 4.63. The maximum absolute atomic E-state index is 13.2. The van der Waals surface area contributed by atoms with Gasteiger partial charge in [-0.3, -0.25) is 0 Å². The molecule has 6 heteroatoms. The van der Waals surface area contributed by atoms with Crippen LogP contribution in [0, 0.1) is 12.7 Å². The summed E-state index contributed by atoms with van der Waals surface area (Å²) >= 11 is 0. The number of hydrogen-bond acceptors (Lipinski definition) is 3. The van der Waals surface area contributed by atoms with Crippen molar-refractivity contribution < 1.29 is 17.5 Å². The molecule has 0 fully saturated rings. The van der Waals surface area contributed by atoms with E-state index in [-0.39, 0.29) is 17.1 Å². The second kappa shape index (κ2) is 6.89. The van der Waals surface area contributed by atoms with Crippen molar-refractivity contribution in [2.24, 2.45) is 0 Å². The fraction of sp³-hybridized carbons (Fsp3) is 0.250. The Labute approximate surface area is 130 Å². The molecule has 0 saturated carbocycles. The average molecular weight is 323 g/mol. The number of rotatable bonds is 6. The fourth-order valence-electron chi connectivity index (χ4n) is 1.89. The maximum Gasteiger partial charge on any atom is 0.240 e. The Bertz CT molecular complexity index is 732. The summed E-state index contributed by atoms with van der Waals surface area (Å²) in [6.07, 6.45) is 0. The highest BCUT2D eigenvalue weighted by atomic mass is 32.2. The Morgan fingerprint density at radius 2 is 1.86 bits per heavy atom. The van der Waals surface area contributed by atoms with Gasteiger partial charge in [-0.2, -0.15) is 0 Å². The molecule has 22 heavy (non-hydrogen) atoms. The van der Waals surface area contributed by atoms with E-state index in [2.05, 4.69) is 4.72 Å². The molecule has 0 amide bonds. The lowest BCUT2D eigenvalue weighted by Crippen LogP contribution is -2.36. The summed E-state index contributed by atoms with van der Waals surface area (Å²) in [5, 5.41) is 0. The molecule has 1 unspecified atom stereocenters. The smallest absolute Gasteiger partial charge is 0.240 e. The van der Waals surface area contributed by atoms with Crippen molar-refractivity contribution in [2.75, 3.05) is 6.61 Å². The van der Waals surface area contributed by atoms with Crippen molar-refractivity contribution in [1.82, 2.24) is 4.72 Å². The van der Waals surface area contributed by atoms with E-state index in [9.17, 15) is 12.8 Å². The third kappa shape index (κ3) is 4.29. The molecule has 0 aliphatic heterocycles. The van der Waals surface area contributed by atoms with Gasteiger partial charge < -0.3 is 4.74 Å². The summed E-state index contributed by atoms with van der Waals surface area (Å²) in [5.41, 5.74) is 0.288. The number of halogens is 1. The van der Waals surface area contributed by atoms with Gasteiger partial charge in [0.15, 0.2) is 0 Å². The average Bonchev–Trinajstić information content (AvgIpc) is 2.48. The Morgan fingerprint density at radius 3 is 2.50 bits per heavy atom. The first kappa shape index (κ1) is 16.5. The first-order valence-corrected chi connectivity index (χ1v) is 8.33. The number of aryl methyl sites for hydroxylation is 1. The lowest BCUT2D eigenvalue weighted by Gasteiger charge is -2.15. The van der Waals surface area contributed by atoms with Crippen LogP contribution in [0.3, 0.4) is 0 Å². The minimum absolute atomic E-state index is 0.0398. The van der Waals surface area contributed by atoms with Gasteiger partial charge in [-0.25, -0.2) is 17.5 Å². The number of sulfonamides is 1. The predicted molar refractivity (Wildman–Crippen MR) is 82.9 cm³/mol. The zero-order valence-corrected chi connectivity index (χ0v) is 13.2. The molecule has 0 spiro atoms. The monoisotopic (exact) mass is 323 g/mol. The van der Waals surface area contributed by atoms with Crippen LogP contribution in [0.25, 0.3) is 0 Å². The van der Waals surface area contributed by atoms with Crippen molar-refractivity contribution in [3.63, 3.8) is 0 Å². The van der Waals surface area contributed by atoms with Gasteiger partial charge in [0.25, 0.3) is 0 Å². The Hall–Kier alpha value is -1.92. The number of para-hydroxylation sites is 1. The molecule has 0 aliphatic carbocycles. The van der Waals surface area contributed by atoms with Crippen LogP contribution in [0.5, 0.6) is 5.75 Å². The van der Waals surface area contributed by atoms with Crippen LogP contribution < -0.4 is 9.46 Å². The minimum Gasteiger partial charge on any atom is -0.492 e. The van der Waals surface area contributed by atoms with Crippen LogP contribution >= 0.6 is 0 Å². The Morgan fingerprint density at radius 1 is 1.18 bits per heavy atom. The normalized spacial score (nSPS) is 12.9. The topological polar surface area (TPSA) is 55.4 Å². The lowest BCUT2D eigenvalue weighted by molar-refractivity contribution is 0.287. The first-order chi connectivity index (χ1) is 10.4. The second-order valence-electron chi connectivity index (χ2n) is 5.06. The van der Waals surface area contributed by atoms with Gasteiger partial charge in [-0.1, -0.05) is 18.2 Å². The molecule has 4 nitrogen and oxygen atoms in total. The molecule has 2 aromatic carbocycles. The van der Waals surface area contributed by atoms with Gasteiger partial charge in [-0.15, -0.1) is 0 Å². The predicted octanol–water partition coefficient (Wildman–Crippen LogP) is 2.88. The lowest BCUT2D eigenvalue weighted by atomic mass is 10.2. The molecule has 1 atom stereocenters. The highest BCUT2D eigenvalue weighted by molar-refractivity contribution is 7.89. The van der Waals surface area contributed by atoms with Crippen molar-refractivity contribution in [1.29, 1.82) is 0 Å². The third-order valence-electron chi connectivity index (χ3n) is 3.04. The molecule has 0 radical (unpaired) electrons. The van der Waals surface area contributed by atoms with E-state index in [1.807, 2.05) is 18.2 Å². The molecular weight excluding hydrogens is 305 g/mol. The molecule has 0 aromatic heterocycles.